The van der Waals surface area contributed by atoms with Crippen LogP contribution in [0.15, 0.2) is 48.8 Å². The molecule has 0 aliphatic carbocycles. The molecule has 1 N–H and O–H groups in total. The van der Waals surface area contributed by atoms with E-state index in [1.54, 1.807) is 29.7 Å². The molecule has 0 spiro atoms. The number of alkyl halides is 3. The van der Waals surface area contributed by atoms with Crippen molar-refractivity contribution in [2.75, 3.05) is 0 Å². The molecule has 0 radical (unpaired) electrons. The van der Waals surface area contributed by atoms with Crippen molar-refractivity contribution < 1.29 is 18.0 Å². The van der Waals surface area contributed by atoms with Gasteiger partial charge >= 0.3 is 6.18 Å². The summed E-state index contributed by atoms with van der Waals surface area (Å²) in [6, 6.07) is 11.4. The molecule has 5 nitrogen and oxygen atoms in total. The van der Waals surface area contributed by atoms with E-state index in [0.717, 1.165) is 12.1 Å². The van der Waals surface area contributed by atoms with Crippen molar-refractivity contribution in [3.8, 4) is 6.07 Å². The van der Waals surface area contributed by atoms with E-state index in [4.69, 9.17) is 0 Å². The number of aromatic nitrogens is 2. The number of carbonyl (C=O) groups is 1. The number of hydrogen-bond donors (Lipinski definition) is 1. The van der Waals surface area contributed by atoms with Crippen LogP contribution in [-0.4, -0.2) is 15.5 Å². The highest BCUT2D eigenvalue weighted by Crippen LogP contribution is 2.29. The summed E-state index contributed by atoms with van der Waals surface area (Å²) < 4.78 is 39.5. The Morgan fingerprint density at radius 1 is 1.26 bits per heavy atom. The molecule has 3 rings (SSSR count). The Morgan fingerprint density at radius 2 is 1.96 bits per heavy atom. The number of halogens is 3. The first kappa shape index (κ1) is 18.5. The van der Waals surface area contributed by atoms with Gasteiger partial charge in [-0.3, -0.25) is 4.79 Å². The fourth-order valence-corrected chi connectivity index (χ4v) is 2.82. The monoisotopic (exact) mass is 372 g/mol. The van der Waals surface area contributed by atoms with E-state index in [0.29, 0.717) is 22.2 Å². The van der Waals surface area contributed by atoms with Gasteiger partial charge in [0.15, 0.2) is 0 Å². The molecule has 1 heterocycles. The molecule has 0 aliphatic rings. The lowest BCUT2D eigenvalue weighted by atomic mass is 10.1. The zero-order valence-corrected chi connectivity index (χ0v) is 14.3. The minimum atomic E-state index is -4.40. The Bertz CT molecular complexity index is 1020. The van der Waals surface area contributed by atoms with Gasteiger partial charge in [0.25, 0.3) is 0 Å². The number of hydrogen-bond acceptors (Lipinski definition) is 3. The fourth-order valence-electron chi connectivity index (χ4n) is 2.82. The summed E-state index contributed by atoms with van der Waals surface area (Å²) in [5.74, 6) is -0.338. The summed E-state index contributed by atoms with van der Waals surface area (Å²) in [5, 5.41) is 12.0. The second kappa shape index (κ2) is 7.11. The van der Waals surface area contributed by atoms with Crippen molar-refractivity contribution in [1.29, 1.82) is 5.26 Å². The summed E-state index contributed by atoms with van der Waals surface area (Å²) in [6.45, 7) is 1.63. The maximum Gasteiger partial charge on any atom is 0.416 e. The second-order valence-electron chi connectivity index (χ2n) is 6.07. The average molecular weight is 372 g/mol. The highest BCUT2D eigenvalue weighted by atomic mass is 19.4. The molecule has 27 heavy (non-hydrogen) atoms. The van der Waals surface area contributed by atoms with Gasteiger partial charge in [-0.05, 0) is 36.8 Å². The van der Waals surface area contributed by atoms with Crippen LogP contribution in [0.5, 0.6) is 0 Å². The van der Waals surface area contributed by atoms with Crippen molar-refractivity contribution in [3.05, 3.63) is 65.5 Å². The number of nitriles is 1. The molecule has 2 aromatic carbocycles. The van der Waals surface area contributed by atoms with Gasteiger partial charge in [0.05, 0.1) is 34.5 Å². The third-order valence-electron chi connectivity index (χ3n) is 4.19. The van der Waals surface area contributed by atoms with Gasteiger partial charge in [-0.25, -0.2) is 4.98 Å². The number of fused-ring (bicyclic) bond motifs is 1. The third-order valence-corrected chi connectivity index (χ3v) is 4.19. The molecule has 138 valence electrons. The highest BCUT2D eigenvalue weighted by molar-refractivity contribution is 5.84. The summed E-state index contributed by atoms with van der Waals surface area (Å²) in [5.41, 5.74) is 1.41. The zero-order chi connectivity index (χ0) is 19.6. The number of para-hydroxylation sites is 1. The number of amides is 1. The van der Waals surface area contributed by atoms with Crippen molar-refractivity contribution in [2.45, 2.75) is 25.7 Å². The minimum Gasteiger partial charge on any atom is -0.348 e. The first-order chi connectivity index (χ1) is 12.8. The van der Waals surface area contributed by atoms with Crippen LogP contribution in [-0.2, 0) is 17.5 Å². The van der Waals surface area contributed by atoms with Crippen LogP contribution in [0.4, 0.5) is 13.2 Å². The summed E-state index contributed by atoms with van der Waals surface area (Å²) in [6.07, 6.45) is -2.92. The largest absolute Gasteiger partial charge is 0.416 e. The van der Waals surface area contributed by atoms with Crippen LogP contribution in [0, 0.1) is 11.3 Å². The molecule has 1 atom stereocenters. The number of imidazole rings is 1. The van der Waals surface area contributed by atoms with E-state index in [-0.39, 0.29) is 12.5 Å². The lowest BCUT2D eigenvalue weighted by molar-refractivity contribution is -0.137. The topological polar surface area (TPSA) is 70.7 Å². The maximum absolute atomic E-state index is 12.6. The van der Waals surface area contributed by atoms with E-state index in [9.17, 15) is 23.2 Å². The van der Waals surface area contributed by atoms with E-state index < -0.39 is 17.8 Å². The third kappa shape index (κ3) is 3.92. The van der Waals surface area contributed by atoms with Gasteiger partial charge < -0.3 is 9.88 Å². The average Bonchev–Trinajstić information content (AvgIpc) is 3.04. The van der Waals surface area contributed by atoms with Crippen LogP contribution in [0.2, 0.25) is 0 Å². The molecular weight excluding hydrogens is 357 g/mol. The predicted octanol–water partition coefficient (Wildman–Crippen LogP) is 3.80. The number of benzene rings is 2. The Kier molecular flexibility index (Phi) is 4.86. The van der Waals surface area contributed by atoms with Crippen LogP contribution in [0.25, 0.3) is 11.0 Å². The molecule has 0 saturated heterocycles. The fraction of sp³-hybridized carbons (Fsp3) is 0.211. The number of nitrogens with one attached hydrogen (secondary N) is 1. The molecule has 0 saturated carbocycles. The molecule has 0 fully saturated rings. The molecular formula is C19H15F3N4O. The van der Waals surface area contributed by atoms with E-state index in [1.165, 1.54) is 18.5 Å². The Hall–Kier alpha value is -3.34. The first-order valence-corrected chi connectivity index (χ1v) is 8.10. The maximum atomic E-state index is 12.6. The summed E-state index contributed by atoms with van der Waals surface area (Å²) in [7, 11) is 0. The lowest BCUT2D eigenvalue weighted by Gasteiger charge is -2.16. The normalized spacial score (nSPS) is 12.6. The second-order valence-corrected chi connectivity index (χ2v) is 6.07. The SMILES string of the molecule is CC(NC(=O)Cn1cnc2cccc(C#N)c21)c1ccc(C(F)(F)F)cc1. The van der Waals surface area contributed by atoms with Crippen molar-refractivity contribution >= 4 is 16.9 Å². The standard InChI is InChI=1S/C19H15F3N4O/c1-12(13-5-7-15(8-6-13)19(20,21)22)25-17(27)10-26-11-24-16-4-2-3-14(9-23)18(16)26/h2-8,11-12H,10H2,1H3,(H,25,27). The van der Waals surface area contributed by atoms with Gasteiger partial charge in [0, 0.05) is 0 Å². The number of nitrogens with zero attached hydrogens (tertiary/aromatic N) is 3. The molecule has 3 aromatic rings. The molecule has 1 amide bonds. The van der Waals surface area contributed by atoms with Crippen LogP contribution < -0.4 is 5.32 Å². The Morgan fingerprint density at radius 3 is 2.59 bits per heavy atom. The molecule has 0 bridgehead atoms. The van der Waals surface area contributed by atoms with Crippen LogP contribution in [0.1, 0.15) is 29.7 Å². The van der Waals surface area contributed by atoms with E-state index >= 15 is 0 Å². The van der Waals surface area contributed by atoms with Crippen LogP contribution >= 0.6 is 0 Å². The molecule has 1 unspecified atom stereocenters. The molecule has 1 aromatic heterocycles. The smallest absolute Gasteiger partial charge is 0.348 e. The Balaban J connectivity index is 1.72. The van der Waals surface area contributed by atoms with Gasteiger partial charge in [-0.15, -0.1) is 0 Å². The van der Waals surface area contributed by atoms with Crippen molar-refractivity contribution in [3.63, 3.8) is 0 Å². The molecule has 0 aliphatic heterocycles. The van der Waals surface area contributed by atoms with Gasteiger partial charge in [0.1, 0.15) is 12.6 Å². The van der Waals surface area contributed by atoms with E-state index in [1.807, 2.05) is 0 Å². The van der Waals surface area contributed by atoms with Crippen molar-refractivity contribution in [1.82, 2.24) is 14.9 Å². The van der Waals surface area contributed by atoms with E-state index in [2.05, 4.69) is 16.4 Å². The van der Waals surface area contributed by atoms with Gasteiger partial charge in [-0.2, -0.15) is 18.4 Å². The van der Waals surface area contributed by atoms with Crippen molar-refractivity contribution in [2.24, 2.45) is 0 Å². The number of rotatable bonds is 4. The minimum absolute atomic E-state index is 0.0554. The van der Waals surface area contributed by atoms with Gasteiger partial charge in [-0.1, -0.05) is 18.2 Å². The first-order valence-electron chi connectivity index (χ1n) is 8.10. The van der Waals surface area contributed by atoms with Crippen LogP contribution in [0.3, 0.4) is 0 Å². The summed E-state index contributed by atoms with van der Waals surface area (Å²) in [4.78, 5) is 16.5. The predicted molar refractivity (Wildman–Crippen MR) is 92.4 cm³/mol. The number of carbonyl (C=O) groups excluding carboxylic acids is 1. The lowest BCUT2D eigenvalue weighted by Crippen LogP contribution is -2.30. The molecule has 8 heteroatoms. The highest BCUT2D eigenvalue weighted by Gasteiger charge is 2.30. The quantitative estimate of drug-likeness (QED) is 0.757. The summed E-state index contributed by atoms with van der Waals surface area (Å²) >= 11 is 0. The van der Waals surface area contributed by atoms with Gasteiger partial charge in [0.2, 0.25) is 5.91 Å². The Labute approximate surface area is 153 Å². The zero-order valence-electron chi connectivity index (χ0n) is 14.3.